The van der Waals surface area contributed by atoms with Gasteiger partial charge in [-0.05, 0) is 81.6 Å². The van der Waals surface area contributed by atoms with Crippen LogP contribution in [0.3, 0.4) is 0 Å². The number of halogens is 1. The van der Waals surface area contributed by atoms with Crippen molar-refractivity contribution in [2.75, 3.05) is 5.32 Å². The average molecular weight is 437 g/mol. The van der Waals surface area contributed by atoms with E-state index in [0.29, 0.717) is 10.7 Å². The highest BCUT2D eigenvalue weighted by molar-refractivity contribution is 6.40. The zero-order valence-corrected chi connectivity index (χ0v) is 19.0. The van der Waals surface area contributed by atoms with Crippen LogP contribution >= 0.6 is 11.6 Å². The second-order valence-corrected chi connectivity index (χ2v) is 8.06. The van der Waals surface area contributed by atoms with Gasteiger partial charge in [0.2, 0.25) is 0 Å². The Bertz CT molecular complexity index is 1170. The summed E-state index contributed by atoms with van der Waals surface area (Å²) in [6.45, 7) is 9.95. The molecule has 7 heteroatoms. The van der Waals surface area contributed by atoms with E-state index in [9.17, 15) is 9.59 Å². The highest BCUT2D eigenvalue weighted by atomic mass is 35.5. The van der Waals surface area contributed by atoms with E-state index in [1.54, 1.807) is 18.2 Å². The van der Waals surface area contributed by atoms with Gasteiger partial charge in [0.1, 0.15) is 0 Å². The van der Waals surface area contributed by atoms with Crippen molar-refractivity contribution < 1.29 is 9.59 Å². The molecule has 0 bridgehead atoms. The number of benzene rings is 2. The molecule has 0 spiro atoms. The molecule has 0 unspecified atom stereocenters. The summed E-state index contributed by atoms with van der Waals surface area (Å²) in [6.07, 6.45) is 1.54. The Balaban J connectivity index is 1.71. The van der Waals surface area contributed by atoms with Crippen molar-refractivity contribution in [3.63, 3.8) is 0 Å². The van der Waals surface area contributed by atoms with Crippen LogP contribution in [0.1, 0.15) is 33.6 Å². The Hall–Kier alpha value is -3.38. The lowest BCUT2D eigenvalue weighted by atomic mass is 10.1. The summed E-state index contributed by atoms with van der Waals surface area (Å²) < 4.78 is 2.14. The van der Waals surface area contributed by atoms with Crippen LogP contribution < -0.4 is 10.7 Å². The molecular weight excluding hydrogens is 412 g/mol. The van der Waals surface area contributed by atoms with Gasteiger partial charge in [-0.2, -0.15) is 5.10 Å². The van der Waals surface area contributed by atoms with E-state index >= 15 is 0 Å². The number of carbonyl (C=O) groups is 2. The average Bonchev–Trinajstić information content (AvgIpc) is 2.97. The standard InChI is InChI=1S/C24H25ClN4O2/c1-14-8-15(2)10-21(9-14)29-17(4)11-19(18(29)5)13-26-28-24(31)23(30)27-22-12-20(25)7-6-16(22)3/h6-13H,1-5H3,(H,27,30)(H,28,31)/b26-13-. The summed E-state index contributed by atoms with van der Waals surface area (Å²) >= 11 is 5.94. The Morgan fingerprint density at radius 1 is 0.935 bits per heavy atom. The maximum Gasteiger partial charge on any atom is 0.329 e. The number of anilines is 1. The third-order valence-corrected chi connectivity index (χ3v) is 5.19. The van der Waals surface area contributed by atoms with E-state index in [0.717, 1.165) is 28.2 Å². The number of nitrogens with zero attached hydrogens (tertiary/aromatic N) is 2. The summed E-state index contributed by atoms with van der Waals surface area (Å²) in [6, 6.07) is 13.4. The molecule has 1 aromatic heterocycles. The molecule has 3 aromatic rings. The fraction of sp³-hybridized carbons (Fsp3) is 0.208. The molecule has 0 aliphatic heterocycles. The minimum Gasteiger partial charge on any atom is -0.318 e. The fourth-order valence-corrected chi connectivity index (χ4v) is 3.69. The number of amides is 2. The van der Waals surface area contributed by atoms with Crippen molar-refractivity contribution in [3.8, 4) is 5.69 Å². The molecule has 2 aromatic carbocycles. The minimum atomic E-state index is -0.862. The van der Waals surface area contributed by atoms with Crippen molar-refractivity contribution in [2.45, 2.75) is 34.6 Å². The van der Waals surface area contributed by atoms with E-state index < -0.39 is 11.8 Å². The molecule has 0 aliphatic carbocycles. The van der Waals surface area contributed by atoms with Crippen LogP contribution in [0.5, 0.6) is 0 Å². The first kappa shape index (κ1) is 22.3. The molecule has 6 nitrogen and oxygen atoms in total. The SMILES string of the molecule is Cc1cc(C)cc(-n2c(C)cc(/C=N\NC(=O)C(=O)Nc3cc(Cl)ccc3C)c2C)c1. The smallest absolute Gasteiger partial charge is 0.318 e. The number of aryl methyl sites for hydroxylation is 4. The second kappa shape index (κ2) is 9.18. The maximum absolute atomic E-state index is 12.1. The zero-order valence-electron chi connectivity index (χ0n) is 18.2. The Morgan fingerprint density at radius 2 is 1.61 bits per heavy atom. The summed E-state index contributed by atoms with van der Waals surface area (Å²) in [7, 11) is 0. The van der Waals surface area contributed by atoms with Gasteiger partial charge in [0, 0.05) is 33.3 Å². The van der Waals surface area contributed by atoms with Crippen LogP contribution in [0, 0.1) is 34.6 Å². The molecule has 0 atom stereocenters. The maximum atomic E-state index is 12.1. The number of nitrogens with one attached hydrogen (secondary N) is 2. The molecule has 2 amide bonds. The van der Waals surface area contributed by atoms with Crippen LogP contribution in [0.2, 0.25) is 5.02 Å². The van der Waals surface area contributed by atoms with Gasteiger partial charge in [-0.3, -0.25) is 9.59 Å². The topological polar surface area (TPSA) is 75.5 Å². The van der Waals surface area contributed by atoms with E-state index in [-0.39, 0.29) is 0 Å². The van der Waals surface area contributed by atoms with Gasteiger partial charge in [0.05, 0.1) is 6.21 Å². The largest absolute Gasteiger partial charge is 0.329 e. The normalized spacial score (nSPS) is 11.0. The zero-order chi connectivity index (χ0) is 22.7. The third kappa shape index (κ3) is 5.22. The second-order valence-electron chi connectivity index (χ2n) is 7.62. The first-order valence-electron chi connectivity index (χ1n) is 9.84. The van der Waals surface area contributed by atoms with Gasteiger partial charge < -0.3 is 9.88 Å². The van der Waals surface area contributed by atoms with Gasteiger partial charge >= 0.3 is 11.8 Å². The monoisotopic (exact) mass is 436 g/mol. The van der Waals surface area contributed by atoms with Gasteiger partial charge in [0.25, 0.3) is 0 Å². The van der Waals surface area contributed by atoms with E-state index in [2.05, 4.69) is 52.5 Å². The summed E-state index contributed by atoms with van der Waals surface area (Å²) in [5, 5.41) is 6.98. The summed E-state index contributed by atoms with van der Waals surface area (Å²) in [5.41, 5.74) is 9.88. The quantitative estimate of drug-likeness (QED) is 0.351. The van der Waals surface area contributed by atoms with Crippen molar-refractivity contribution in [2.24, 2.45) is 5.10 Å². The van der Waals surface area contributed by atoms with Gasteiger partial charge in [-0.25, -0.2) is 5.43 Å². The minimum absolute atomic E-state index is 0.471. The highest BCUT2D eigenvalue weighted by Crippen LogP contribution is 2.22. The fourth-order valence-electron chi connectivity index (χ4n) is 3.51. The molecule has 3 rings (SSSR count). The van der Waals surface area contributed by atoms with E-state index in [4.69, 9.17) is 11.6 Å². The molecule has 0 radical (unpaired) electrons. The van der Waals surface area contributed by atoms with Crippen LogP contribution in [0.25, 0.3) is 5.69 Å². The van der Waals surface area contributed by atoms with Gasteiger partial charge in [-0.1, -0.05) is 23.7 Å². The Kier molecular flexibility index (Phi) is 6.61. The number of hydrogen-bond donors (Lipinski definition) is 2. The highest BCUT2D eigenvalue weighted by Gasteiger charge is 2.15. The van der Waals surface area contributed by atoms with E-state index in [1.807, 2.05) is 26.8 Å². The van der Waals surface area contributed by atoms with Crippen LogP contribution in [0.4, 0.5) is 5.69 Å². The lowest BCUT2D eigenvalue weighted by Gasteiger charge is -2.11. The molecule has 160 valence electrons. The molecule has 2 N–H and O–H groups in total. The van der Waals surface area contributed by atoms with Gasteiger partial charge in [-0.15, -0.1) is 0 Å². The lowest BCUT2D eigenvalue weighted by molar-refractivity contribution is -0.136. The number of aromatic nitrogens is 1. The van der Waals surface area contributed by atoms with Crippen LogP contribution in [-0.2, 0) is 9.59 Å². The van der Waals surface area contributed by atoms with Crippen molar-refractivity contribution in [3.05, 3.63) is 81.1 Å². The van der Waals surface area contributed by atoms with Crippen LogP contribution in [-0.4, -0.2) is 22.6 Å². The number of carbonyl (C=O) groups excluding carboxylic acids is 2. The lowest BCUT2D eigenvalue weighted by Crippen LogP contribution is -2.32. The molecule has 1 heterocycles. The molecular formula is C24H25ClN4O2. The molecule has 31 heavy (non-hydrogen) atoms. The third-order valence-electron chi connectivity index (χ3n) is 4.96. The Morgan fingerprint density at radius 3 is 2.29 bits per heavy atom. The predicted molar refractivity (Wildman–Crippen MR) is 125 cm³/mol. The first-order chi connectivity index (χ1) is 14.7. The van der Waals surface area contributed by atoms with Crippen molar-refractivity contribution in [1.82, 2.24) is 9.99 Å². The Labute approximate surface area is 186 Å². The van der Waals surface area contributed by atoms with Crippen molar-refractivity contribution in [1.29, 1.82) is 0 Å². The van der Waals surface area contributed by atoms with Crippen molar-refractivity contribution >= 4 is 35.3 Å². The first-order valence-corrected chi connectivity index (χ1v) is 10.2. The summed E-state index contributed by atoms with van der Waals surface area (Å²) in [4.78, 5) is 24.3. The number of rotatable bonds is 4. The summed E-state index contributed by atoms with van der Waals surface area (Å²) in [5.74, 6) is -1.68. The predicted octanol–water partition coefficient (Wildman–Crippen LogP) is 4.76. The molecule has 0 aliphatic rings. The number of hydrazone groups is 1. The van der Waals surface area contributed by atoms with Crippen LogP contribution in [0.15, 0.2) is 47.6 Å². The molecule has 0 saturated heterocycles. The molecule has 0 fully saturated rings. The molecule has 0 saturated carbocycles. The van der Waals surface area contributed by atoms with E-state index in [1.165, 1.54) is 17.3 Å². The van der Waals surface area contributed by atoms with Gasteiger partial charge in [0.15, 0.2) is 0 Å². The number of hydrogen-bond acceptors (Lipinski definition) is 3.